The Labute approximate surface area is 120 Å². The number of aromatic nitrogens is 2. The molecule has 2 rings (SSSR count). The van der Waals surface area contributed by atoms with E-state index in [1.165, 1.54) is 13.0 Å². The van der Waals surface area contributed by atoms with Crippen LogP contribution in [0.15, 0.2) is 32.3 Å². The Balaban J connectivity index is 2.80. The maximum Gasteiger partial charge on any atom is 0.334 e. The van der Waals surface area contributed by atoms with E-state index < -0.39 is 11.2 Å². The van der Waals surface area contributed by atoms with Crippen molar-refractivity contribution in [3.05, 3.63) is 59.2 Å². The molecule has 1 aromatic heterocycles. The number of nitrogens with one attached hydrogen (secondary N) is 1. The van der Waals surface area contributed by atoms with E-state index in [4.69, 9.17) is 23.2 Å². The van der Waals surface area contributed by atoms with Crippen molar-refractivity contribution in [1.82, 2.24) is 9.55 Å². The van der Waals surface area contributed by atoms with Crippen LogP contribution in [0.1, 0.15) is 5.56 Å². The van der Waals surface area contributed by atoms with Gasteiger partial charge in [0.2, 0.25) is 0 Å². The van der Waals surface area contributed by atoms with Crippen molar-refractivity contribution in [3.63, 3.8) is 0 Å². The van der Waals surface area contributed by atoms with E-state index in [0.717, 1.165) is 4.57 Å². The van der Waals surface area contributed by atoms with E-state index in [2.05, 4.69) is 20.9 Å². The molecule has 0 aliphatic rings. The van der Waals surface area contributed by atoms with E-state index in [0.29, 0.717) is 15.2 Å². The molecule has 4 nitrogen and oxygen atoms in total. The Hall–Kier alpha value is -1.04. The smallest absolute Gasteiger partial charge is 0.297 e. The molecule has 0 atom stereocenters. The van der Waals surface area contributed by atoms with Gasteiger partial charge in [-0.05, 0) is 41.1 Å². The number of benzene rings is 1. The summed E-state index contributed by atoms with van der Waals surface area (Å²) in [5, 5.41) is 0.455. The monoisotopic (exact) mass is 348 g/mol. The topological polar surface area (TPSA) is 54.9 Å². The van der Waals surface area contributed by atoms with Crippen molar-refractivity contribution in [2.24, 2.45) is 0 Å². The fourth-order valence-corrected chi connectivity index (χ4v) is 2.04. The van der Waals surface area contributed by atoms with Gasteiger partial charge in [0, 0.05) is 4.47 Å². The number of aromatic amines is 1. The van der Waals surface area contributed by atoms with Gasteiger partial charge in [0.25, 0.3) is 5.56 Å². The zero-order chi connectivity index (χ0) is 13.4. The van der Waals surface area contributed by atoms with Crippen LogP contribution in [0.5, 0.6) is 0 Å². The summed E-state index contributed by atoms with van der Waals surface area (Å²) >= 11 is 14.9. The Morgan fingerprint density at radius 1 is 1.28 bits per heavy atom. The zero-order valence-corrected chi connectivity index (χ0v) is 12.2. The summed E-state index contributed by atoms with van der Waals surface area (Å²) in [5.41, 5.74) is -0.416. The van der Waals surface area contributed by atoms with Crippen LogP contribution in [0.4, 0.5) is 0 Å². The van der Waals surface area contributed by atoms with Crippen molar-refractivity contribution in [2.45, 2.75) is 6.92 Å². The molecule has 0 fully saturated rings. The second-order valence-corrected chi connectivity index (χ2v) is 5.25. The molecule has 0 spiro atoms. The van der Waals surface area contributed by atoms with Crippen molar-refractivity contribution in [2.75, 3.05) is 0 Å². The van der Waals surface area contributed by atoms with Gasteiger partial charge in [-0.1, -0.05) is 23.2 Å². The summed E-state index contributed by atoms with van der Waals surface area (Å²) in [6.07, 6.45) is 0. The predicted molar refractivity (Wildman–Crippen MR) is 75.1 cm³/mol. The lowest BCUT2D eigenvalue weighted by atomic mass is 10.3. The van der Waals surface area contributed by atoms with Crippen LogP contribution in [-0.4, -0.2) is 9.55 Å². The van der Waals surface area contributed by atoms with E-state index in [-0.39, 0.29) is 10.7 Å². The standard InChI is InChI=1S/C11H7BrCl2N2O2/c1-5-9(14)15-11(18)16(10(5)17)6-2-3-7(12)8(13)4-6/h2-4H,1H3,(H,15,18). The molecule has 1 N–H and O–H groups in total. The second-order valence-electron chi connectivity index (χ2n) is 3.61. The number of H-pyrrole nitrogens is 1. The first-order chi connectivity index (χ1) is 8.41. The van der Waals surface area contributed by atoms with Gasteiger partial charge in [-0.2, -0.15) is 0 Å². The minimum absolute atomic E-state index is 0.0458. The van der Waals surface area contributed by atoms with Gasteiger partial charge in [0.15, 0.2) is 0 Å². The molecule has 0 bridgehead atoms. The van der Waals surface area contributed by atoms with Crippen LogP contribution in [0, 0.1) is 6.92 Å². The molecule has 0 saturated heterocycles. The largest absolute Gasteiger partial charge is 0.334 e. The average molecular weight is 350 g/mol. The van der Waals surface area contributed by atoms with Crippen LogP contribution in [-0.2, 0) is 0 Å². The lowest BCUT2D eigenvalue weighted by Gasteiger charge is -2.07. The summed E-state index contributed by atoms with van der Waals surface area (Å²) in [7, 11) is 0. The molecule has 0 unspecified atom stereocenters. The van der Waals surface area contributed by atoms with Crippen LogP contribution in [0.3, 0.4) is 0 Å². The average Bonchev–Trinajstić information content (AvgIpc) is 2.31. The Kier molecular flexibility index (Phi) is 3.66. The van der Waals surface area contributed by atoms with Crippen molar-refractivity contribution < 1.29 is 0 Å². The van der Waals surface area contributed by atoms with Crippen molar-refractivity contribution in [3.8, 4) is 5.69 Å². The van der Waals surface area contributed by atoms with Gasteiger partial charge < -0.3 is 0 Å². The third-order valence-corrected chi connectivity index (χ3v) is 4.04. The number of rotatable bonds is 1. The summed E-state index contributed by atoms with van der Waals surface area (Å²) in [4.78, 5) is 26.2. The Morgan fingerprint density at radius 3 is 2.56 bits per heavy atom. The molecule has 0 aliphatic carbocycles. The van der Waals surface area contributed by atoms with Gasteiger partial charge in [-0.25, -0.2) is 9.36 Å². The molecule has 1 heterocycles. The van der Waals surface area contributed by atoms with Crippen LogP contribution >= 0.6 is 39.1 Å². The maximum absolute atomic E-state index is 12.0. The van der Waals surface area contributed by atoms with E-state index in [1.807, 2.05) is 0 Å². The van der Waals surface area contributed by atoms with Crippen LogP contribution in [0.25, 0.3) is 5.69 Å². The highest BCUT2D eigenvalue weighted by Crippen LogP contribution is 2.24. The molecule has 1 aromatic carbocycles. The normalized spacial score (nSPS) is 10.7. The van der Waals surface area contributed by atoms with Gasteiger partial charge in [0.1, 0.15) is 5.15 Å². The molecular weight excluding hydrogens is 343 g/mol. The minimum atomic E-state index is -0.603. The van der Waals surface area contributed by atoms with Crippen LogP contribution in [0.2, 0.25) is 10.2 Å². The SMILES string of the molecule is Cc1c(Cl)[nH]c(=O)n(-c2ccc(Br)c(Cl)c2)c1=O. The molecule has 0 aliphatic heterocycles. The first-order valence-corrected chi connectivity index (χ1v) is 6.43. The summed E-state index contributed by atoms with van der Waals surface area (Å²) < 4.78 is 1.67. The Bertz CT molecular complexity index is 737. The summed E-state index contributed by atoms with van der Waals surface area (Å²) in [5.74, 6) is 0. The van der Waals surface area contributed by atoms with E-state index >= 15 is 0 Å². The fraction of sp³-hybridized carbons (Fsp3) is 0.0909. The molecule has 94 valence electrons. The summed E-state index contributed by atoms with van der Waals surface area (Å²) in [6.45, 7) is 1.54. The molecule has 0 radical (unpaired) electrons. The number of halogens is 3. The maximum atomic E-state index is 12.0. The zero-order valence-electron chi connectivity index (χ0n) is 9.13. The lowest BCUT2D eigenvalue weighted by Crippen LogP contribution is -2.35. The molecule has 2 aromatic rings. The molecule has 0 amide bonds. The van der Waals surface area contributed by atoms with Crippen molar-refractivity contribution >= 4 is 39.1 Å². The quantitative estimate of drug-likeness (QED) is 0.805. The third kappa shape index (κ3) is 2.25. The number of hydrogen-bond acceptors (Lipinski definition) is 2. The first-order valence-electron chi connectivity index (χ1n) is 4.88. The molecule has 18 heavy (non-hydrogen) atoms. The van der Waals surface area contributed by atoms with E-state index in [9.17, 15) is 9.59 Å². The highest BCUT2D eigenvalue weighted by Gasteiger charge is 2.11. The highest BCUT2D eigenvalue weighted by molar-refractivity contribution is 9.10. The first kappa shape index (κ1) is 13.4. The van der Waals surface area contributed by atoms with Gasteiger partial charge in [-0.15, -0.1) is 0 Å². The van der Waals surface area contributed by atoms with Gasteiger partial charge in [-0.3, -0.25) is 9.78 Å². The van der Waals surface area contributed by atoms with E-state index in [1.54, 1.807) is 12.1 Å². The molecular formula is C11H7BrCl2N2O2. The Morgan fingerprint density at radius 2 is 1.94 bits per heavy atom. The number of hydrogen-bond donors (Lipinski definition) is 1. The lowest BCUT2D eigenvalue weighted by molar-refractivity contribution is 0.860. The number of nitrogens with zero attached hydrogens (tertiary/aromatic N) is 1. The van der Waals surface area contributed by atoms with Gasteiger partial charge >= 0.3 is 5.69 Å². The fourth-order valence-electron chi connectivity index (χ4n) is 1.46. The van der Waals surface area contributed by atoms with Crippen LogP contribution < -0.4 is 11.2 Å². The second kappa shape index (κ2) is 4.91. The molecule has 7 heteroatoms. The van der Waals surface area contributed by atoms with Crippen molar-refractivity contribution in [1.29, 1.82) is 0 Å². The minimum Gasteiger partial charge on any atom is -0.297 e. The molecule has 0 saturated carbocycles. The predicted octanol–water partition coefficient (Wildman–Crippen LogP) is 2.90. The summed E-state index contributed by atoms with van der Waals surface area (Å²) in [6, 6.07) is 4.79. The third-order valence-electron chi connectivity index (χ3n) is 2.43. The van der Waals surface area contributed by atoms with Gasteiger partial charge in [0.05, 0.1) is 16.3 Å². The highest BCUT2D eigenvalue weighted by atomic mass is 79.9.